The van der Waals surface area contributed by atoms with Crippen molar-refractivity contribution in [3.63, 3.8) is 0 Å². The molecule has 0 unspecified atom stereocenters. The number of nitrogens with one attached hydrogen (secondary N) is 2. The first-order valence-electron chi connectivity index (χ1n) is 9.53. The van der Waals surface area contributed by atoms with Crippen LogP contribution < -0.4 is 25.3 Å². The first-order chi connectivity index (χ1) is 15.1. The molecule has 0 fully saturated rings. The summed E-state index contributed by atoms with van der Waals surface area (Å²) in [6, 6.07) is 11.1. The van der Waals surface area contributed by atoms with Crippen molar-refractivity contribution in [1.82, 2.24) is 20.5 Å². The maximum atomic E-state index is 12.7. The van der Waals surface area contributed by atoms with Crippen LogP contribution in [0.25, 0.3) is 22.3 Å². The number of furan rings is 1. The molecular formula is C21H19N5O5. The number of nitrogens with zero attached hydrogens (tertiary/aromatic N) is 2. The van der Waals surface area contributed by atoms with Gasteiger partial charge in [-0.15, -0.1) is 5.10 Å². The van der Waals surface area contributed by atoms with E-state index < -0.39 is 0 Å². The molecule has 31 heavy (non-hydrogen) atoms. The Kier molecular flexibility index (Phi) is 4.58. The highest BCUT2D eigenvalue weighted by molar-refractivity contribution is 5.94. The number of nitrogens with two attached hydrogens (primary N) is 1. The first-order valence-corrected chi connectivity index (χ1v) is 9.53. The van der Waals surface area contributed by atoms with Crippen molar-refractivity contribution >= 4 is 22.8 Å². The molecule has 4 N–H and O–H groups in total. The highest BCUT2D eigenvalue weighted by Gasteiger charge is 2.23. The molecule has 2 aromatic carbocycles. The summed E-state index contributed by atoms with van der Waals surface area (Å²) >= 11 is 0. The number of amides is 1. The van der Waals surface area contributed by atoms with E-state index in [2.05, 4.69) is 20.5 Å². The number of carbonyl (C=O) groups is 1. The number of carbonyl (C=O) groups excluding carboxylic acids is 1. The zero-order chi connectivity index (χ0) is 21.4. The third kappa shape index (κ3) is 3.59. The molecular weight excluding hydrogens is 402 g/mol. The normalized spacial score (nSPS) is 12.3. The smallest absolute Gasteiger partial charge is 0.239 e. The van der Waals surface area contributed by atoms with Gasteiger partial charge in [0.1, 0.15) is 22.9 Å². The van der Waals surface area contributed by atoms with Gasteiger partial charge in [0.15, 0.2) is 11.5 Å². The van der Waals surface area contributed by atoms with Crippen LogP contribution in [-0.4, -0.2) is 35.0 Å². The quantitative estimate of drug-likeness (QED) is 0.431. The van der Waals surface area contributed by atoms with Crippen molar-refractivity contribution in [2.75, 3.05) is 19.6 Å². The lowest BCUT2D eigenvalue weighted by molar-refractivity contribution is -0.120. The van der Waals surface area contributed by atoms with Crippen LogP contribution in [0.3, 0.4) is 0 Å². The van der Waals surface area contributed by atoms with Crippen LogP contribution in [0.5, 0.6) is 17.2 Å². The molecule has 4 aromatic rings. The molecule has 1 amide bonds. The van der Waals surface area contributed by atoms with Crippen molar-refractivity contribution in [1.29, 1.82) is 0 Å². The summed E-state index contributed by atoms with van der Waals surface area (Å²) in [5.74, 6) is 2.95. The second-order valence-corrected chi connectivity index (χ2v) is 6.93. The van der Waals surface area contributed by atoms with E-state index in [1.165, 1.54) is 0 Å². The van der Waals surface area contributed by atoms with Crippen molar-refractivity contribution in [2.24, 2.45) is 0 Å². The Hall–Kier alpha value is -4.21. The van der Waals surface area contributed by atoms with Crippen molar-refractivity contribution in [2.45, 2.75) is 13.0 Å². The fourth-order valence-electron chi connectivity index (χ4n) is 3.48. The van der Waals surface area contributed by atoms with Crippen LogP contribution in [0.4, 0.5) is 5.95 Å². The van der Waals surface area contributed by atoms with E-state index in [0.717, 1.165) is 22.3 Å². The summed E-state index contributed by atoms with van der Waals surface area (Å²) in [7, 11) is 1.61. The van der Waals surface area contributed by atoms with Gasteiger partial charge in [0.05, 0.1) is 20.1 Å². The minimum absolute atomic E-state index is 0.0949. The largest absolute Gasteiger partial charge is 0.497 e. The molecule has 0 spiro atoms. The van der Waals surface area contributed by atoms with Crippen LogP contribution in [0.2, 0.25) is 0 Å². The Morgan fingerprint density at radius 1 is 1.23 bits per heavy atom. The molecule has 0 aliphatic carbocycles. The Morgan fingerprint density at radius 3 is 2.71 bits per heavy atom. The number of nitrogen functional groups attached to an aromatic ring is 1. The van der Waals surface area contributed by atoms with Gasteiger partial charge in [0.25, 0.3) is 0 Å². The lowest BCUT2D eigenvalue weighted by atomic mass is 10.0. The summed E-state index contributed by atoms with van der Waals surface area (Å²) in [6.45, 7) is 0.340. The average Bonchev–Trinajstić information content (AvgIpc) is 3.49. The van der Waals surface area contributed by atoms with Gasteiger partial charge in [0.2, 0.25) is 18.6 Å². The summed E-state index contributed by atoms with van der Waals surface area (Å²) in [4.78, 5) is 16.7. The predicted octanol–water partition coefficient (Wildman–Crippen LogP) is 2.40. The number of H-pyrrole nitrogens is 1. The number of rotatable bonds is 6. The Morgan fingerprint density at radius 2 is 2.00 bits per heavy atom. The van der Waals surface area contributed by atoms with E-state index in [4.69, 9.17) is 24.4 Å². The SMILES string of the molecule is COc1ccc(-c2oc3cc4c(cc3c2CC(=O)NCc2nc(N)n[nH]2)OCO4)cc1. The van der Waals surface area contributed by atoms with Gasteiger partial charge in [-0.2, -0.15) is 4.98 Å². The maximum absolute atomic E-state index is 12.7. The number of fused-ring (bicyclic) bond motifs is 2. The van der Waals surface area contributed by atoms with Crippen molar-refractivity contribution in [3.8, 4) is 28.6 Å². The summed E-state index contributed by atoms with van der Waals surface area (Å²) < 4.78 is 22.4. The first kappa shape index (κ1) is 18.8. The van der Waals surface area contributed by atoms with E-state index in [-0.39, 0.29) is 31.6 Å². The van der Waals surface area contributed by atoms with E-state index in [1.54, 1.807) is 13.2 Å². The minimum Gasteiger partial charge on any atom is -0.497 e. The highest BCUT2D eigenvalue weighted by Crippen LogP contribution is 2.42. The second kappa shape index (κ2) is 7.56. The highest BCUT2D eigenvalue weighted by atomic mass is 16.7. The number of hydrogen-bond donors (Lipinski definition) is 3. The number of aromatic amines is 1. The van der Waals surface area contributed by atoms with Crippen molar-refractivity contribution < 1.29 is 23.4 Å². The lowest BCUT2D eigenvalue weighted by Gasteiger charge is -2.06. The average molecular weight is 421 g/mol. The van der Waals surface area contributed by atoms with E-state index >= 15 is 0 Å². The molecule has 1 aliphatic rings. The fraction of sp³-hybridized carbons (Fsp3) is 0.190. The molecule has 158 valence electrons. The summed E-state index contributed by atoms with van der Waals surface area (Å²) in [6.07, 6.45) is 0.0949. The number of hydrogen-bond acceptors (Lipinski definition) is 8. The predicted molar refractivity (Wildman–Crippen MR) is 111 cm³/mol. The van der Waals surface area contributed by atoms with Gasteiger partial charge in [-0.25, -0.2) is 0 Å². The van der Waals surface area contributed by atoms with Crippen LogP contribution in [0.1, 0.15) is 11.4 Å². The number of ether oxygens (including phenoxy) is 3. The third-order valence-corrected chi connectivity index (χ3v) is 4.98. The van der Waals surface area contributed by atoms with Gasteiger partial charge in [0, 0.05) is 22.6 Å². The Labute approximate surface area is 176 Å². The van der Waals surface area contributed by atoms with Crippen molar-refractivity contribution in [3.05, 3.63) is 47.8 Å². The fourth-order valence-corrected chi connectivity index (χ4v) is 3.48. The topological polar surface area (TPSA) is 138 Å². The summed E-state index contributed by atoms with van der Waals surface area (Å²) in [5.41, 5.74) is 7.68. The third-order valence-electron chi connectivity index (χ3n) is 4.98. The second-order valence-electron chi connectivity index (χ2n) is 6.93. The molecule has 0 bridgehead atoms. The molecule has 0 saturated heterocycles. The van der Waals surface area contributed by atoms with Crippen LogP contribution in [0.15, 0.2) is 40.8 Å². The zero-order valence-electron chi connectivity index (χ0n) is 16.6. The summed E-state index contributed by atoms with van der Waals surface area (Å²) in [5, 5.41) is 10.0. The monoisotopic (exact) mass is 421 g/mol. The zero-order valence-corrected chi connectivity index (χ0v) is 16.6. The molecule has 2 aromatic heterocycles. The minimum atomic E-state index is -0.204. The Bertz CT molecular complexity index is 1260. The molecule has 0 atom stereocenters. The molecule has 1 aliphatic heterocycles. The number of methoxy groups -OCH3 is 1. The molecule has 0 radical (unpaired) electrons. The number of benzene rings is 2. The molecule has 0 saturated carbocycles. The Balaban J connectivity index is 1.49. The van der Waals surface area contributed by atoms with E-state index in [9.17, 15) is 4.79 Å². The van der Waals surface area contributed by atoms with Crippen LogP contribution in [0, 0.1) is 0 Å². The maximum Gasteiger partial charge on any atom is 0.239 e. The lowest BCUT2D eigenvalue weighted by Crippen LogP contribution is -2.25. The van der Waals surface area contributed by atoms with Gasteiger partial charge in [-0.1, -0.05) is 0 Å². The van der Waals surface area contributed by atoms with Crippen LogP contribution >= 0.6 is 0 Å². The molecule has 5 rings (SSSR count). The van der Waals surface area contributed by atoms with Gasteiger partial charge < -0.3 is 29.7 Å². The van der Waals surface area contributed by atoms with E-state index in [0.29, 0.717) is 28.7 Å². The number of aromatic nitrogens is 3. The molecule has 3 heterocycles. The van der Waals surface area contributed by atoms with E-state index in [1.807, 2.05) is 30.3 Å². The standard InChI is InChI=1S/C21H19N5O5/c1-28-12-4-2-11(3-5-12)20-14(7-19(27)23-9-18-24-21(22)26-25-18)13-6-16-17(30-10-29-16)8-15(13)31-20/h2-6,8H,7,9-10H2,1H3,(H,23,27)(H3,22,24,25,26). The van der Waals surface area contributed by atoms with Gasteiger partial charge in [-0.3, -0.25) is 9.89 Å². The molecule has 10 nitrogen and oxygen atoms in total. The molecule has 10 heteroatoms. The van der Waals surface area contributed by atoms with Crippen LogP contribution in [-0.2, 0) is 17.8 Å². The van der Waals surface area contributed by atoms with Gasteiger partial charge >= 0.3 is 0 Å². The number of anilines is 1. The van der Waals surface area contributed by atoms with Gasteiger partial charge in [-0.05, 0) is 30.3 Å².